The van der Waals surface area contributed by atoms with Crippen LogP contribution in [0.1, 0.15) is 76.2 Å². The van der Waals surface area contributed by atoms with Crippen molar-refractivity contribution >= 4 is 55.5 Å². The van der Waals surface area contributed by atoms with E-state index in [0.29, 0.717) is 56.3 Å². The van der Waals surface area contributed by atoms with E-state index in [4.69, 9.17) is 5.73 Å². The Morgan fingerprint density at radius 2 is 1.47 bits per heavy atom. The Morgan fingerprint density at radius 3 is 2.16 bits per heavy atom. The molecule has 4 aliphatic heterocycles. The molecule has 0 bridgehead atoms. The number of piperidine rings is 3. The number of fused-ring (bicyclic) bond motifs is 1. The molecule has 12 heteroatoms. The standard InChI is InChI=1S/C33H49Br2N7O3/c34-26-18-22(19-27(35)30(26)36)20-29(31(43)40-14-8-24(9-15-40)39-12-4-1-5-13-39)38-32(44)41-16-10-25(11-17-41)42-21-23-6-2-3-7-28(23)37-33(42)45/h18-19,23-25,28-29H,1-17,20-21,36H2,(H,37,45)(H,38,44)/t23?,28?,29-/m1/s1. The molecule has 2 unspecified atom stereocenters. The normalized spacial score (nSPS) is 26.3. The number of benzene rings is 1. The fourth-order valence-electron chi connectivity index (χ4n) is 8.27. The summed E-state index contributed by atoms with van der Waals surface area (Å²) in [7, 11) is 0. The average molecular weight is 752 g/mol. The maximum atomic E-state index is 14.0. The second-order valence-electron chi connectivity index (χ2n) is 13.8. The van der Waals surface area contributed by atoms with Crippen LogP contribution in [0.5, 0.6) is 0 Å². The van der Waals surface area contributed by atoms with Gasteiger partial charge >= 0.3 is 12.1 Å². The lowest BCUT2D eigenvalue weighted by atomic mass is 9.82. The lowest BCUT2D eigenvalue weighted by Crippen LogP contribution is -2.62. The predicted octanol–water partition coefficient (Wildman–Crippen LogP) is 4.94. The molecule has 45 heavy (non-hydrogen) atoms. The lowest BCUT2D eigenvalue weighted by Gasteiger charge is -2.46. The fraction of sp³-hybridized carbons (Fsp3) is 0.727. The number of hydrogen-bond donors (Lipinski definition) is 3. The number of nitrogen functional groups attached to an aromatic ring is 1. The second kappa shape index (κ2) is 14.8. The molecule has 4 saturated heterocycles. The molecule has 0 aromatic heterocycles. The highest BCUT2D eigenvalue weighted by molar-refractivity contribution is 9.11. The molecule has 5 aliphatic rings. The van der Waals surface area contributed by atoms with E-state index in [1.165, 1.54) is 51.6 Å². The quantitative estimate of drug-likeness (QED) is 0.357. The molecule has 1 aliphatic carbocycles. The van der Waals surface area contributed by atoms with Gasteiger partial charge in [0.05, 0.1) is 5.69 Å². The van der Waals surface area contributed by atoms with Gasteiger partial charge in [-0.15, -0.1) is 0 Å². The highest BCUT2D eigenvalue weighted by atomic mass is 79.9. The molecule has 5 amide bonds. The van der Waals surface area contributed by atoms with Crippen LogP contribution in [0.15, 0.2) is 21.1 Å². The van der Waals surface area contributed by atoms with Crippen molar-refractivity contribution in [2.45, 2.75) is 101 Å². The van der Waals surface area contributed by atoms with Crippen LogP contribution < -0.4 is 16.4 Å². The van der Waals surface area contributed by atoms with Gasteiger partial charge in [0, 0.05) is 66.2 Å². The van der Waals surface area contributed by atoms with Gasteiger partial charge in [0.25, 0.3) is 0 Å². The minimum atomic E-state index is -0.680. The molecule has 248 valence electrons. The predicted molar refractivity (Wildman–Crippen MR) is 183 cm³/mol. The molecule has 3 atom stereocenters. The number of urea groups is 2. The first-order valence-electron chi connectivity index (χ1n) is 17.2. The Hall–Kier alpha value is -2.05. The van der Waals surface area contributed by atoms with Crippen LogP contribution in [0.2, 0.25) is 0 Å². The molecular formula is C33H49Br2N7O3. The monoisotopic (exact) mass is 749 g/mol. The third-order valence-electron chi connectivity index (χ3n) is 11.0. The number of anilines is 1. The van der Waals surface area contributed by atoms with E-state index >= 15 is 0 Å². The fourth-order valence-corrected chi connectivity index (χ4v) is 9.56. The number of carbonyl (C=O) groups excluding carboxylic acids is 3. The Kier molecular flexibility index (Phi) is 10.8. The Morgan fingerprint density at radius 1 is 0.844 bits per heavy atom. The zero-order valence-electron chi connectivity index (χ0n) is 26.3. The van der Waals surface area contributed by atoms with Crippen LogP contribution in [0.4, 0.5) is 15.3 Å². The van der Waals surface area contributed by atoms with E-state index < -0.39 is 6.04 Å². The van der Waals surface area contributed by atoms with E-state index in [1.807, 2.05) is 26.8 Å². The third kappa shape index (κ3) is 7.75. The highest BCUT2D eigenvalue weighted by Crippen LogP contribution is 2.32. The summed E-state index contributed by atoms with van der Waals surface area (Å²) in [6, 6.07) is 4.03. The summed E-state index contributed by atoms with van der Waals surface area (Å²) in [5.41, 5.74) is 7.66. The van der Waals surface area contributed by atoms with Crippen molar-refractivity contribution in [1.29, 1.82) is 0 Å². The number of halogens is 2. The molecule has 1 aromatic carbocycles. The summed E-state index contributed by atoms with van der Waals surface area (Å²) >= 11 is 7.07. The smallest absolute Gasteiger partial charge is 0.318 e. The van der Waals surface area contributed by atoms with Crippen molar-refractivity contribution in [2.24, 2.45) is 5.92 Å². The number of nitrogens with zero attached hydrogens (tertiary/aromatic N) is 4. The number of rotatable bonds is 6. The number of amides is 5. The van der Waals surface area contributed by atoms with Gasteiger partial charge in [0.2, 0.25) is 5.91 Å². The minimum Gasteiger partial charge on any atom is -0.397 e. The molecule has 0 spiro atoms. The van der Waals surface area contributed by atoms with E-state index in [0.717, 1.165) is 53.2 Å². The van der Waals surface area contributed by atoms with Crippen LogP contribution in [-0.2, 0) is 11.2 Å². The summed E-state index contributed by atoms with van der Waals surface area (Å²) in [4.78, 5) is 49.1. The first-order valence-corrected chi connectivity index (χ1v) is 18.7. The Labute approximate surface area is 284 Å². The van der Waals surface area contributed by atoms with Gasteiger partial charge in [0.15, 0.2) is 0 Å². The summed E-state index contributed by atoms with van der Waals surface area (Å²) in [6.45, 7) is 5.71. The van der Waals surface area contributed by atoms with Crippen LogP contribution in [-0.4, -0.2) is 108 Å². The molecule has 5 fully saturated rings. The first-order chi connectivity index (χ1) is 21.8. The van der Waals surface area contributed by atoms with Gasteiger partial charge in [-0.1, -0.05) is 19.3 Å². The maximum Gasteiger partial charge on any atom is 0.318 e. The van der Waals surface area contributed by atoms with Crippen molar-refractivity contribution in [3.05, 3.63) is 26.6 Å². The highest BCUT2D eigenvalue weighted by Gasteiger charge is 2.40. The zero-order chi connectivity index (χ0) is 31.5. The number of nitrogens with two attached hydrogens (primary N) is 1. The van der Waals surface area contributed by atoms with E-state index in [1.54, 1.807) is 0 Å². The van der Waals surface area contributed by atoms with Gasteiger partial charge in [-0.25, -0.2) is 9.59 Å². The van der Waals surface area contributed by atoms with E-state index in [9.17, 15) is 14.4 Å². The van der Waals surface area contributed by atoms with E-state index in [2.05, 4.69) is 47.4 Å². The topological polar surface area (TPSA) is 114 Å². The zero-order valence-corrected chi connectivity index (χ0v) is 29.5. The summed E-state index contributed by atoms with van der Waals surface area (Å²) in [5, 5.41) is 6.39. The van der Waals surface area contributed by atoms with Gasteiger partial charge in [-0.05, 0) is 120 Å². The lowest BCUT2D eigenvalue weighted by molar-refractivity contribution is -0.134. The number of hydrogen-bond acceptors (Lipinski definition) is 5. The van der Waals surface area contributed by atoms with Crippen LogP contribution >= 0.6 is 31.9 Å². The first kappa shape index (κ1) is 32.9. The van der Waals surface area contributed by atoms with Crippen molar-refractivity contribution in [1.82, 2.24) is 30.2 Å². The largest absolute Gasteiger partial charge is 0.397 e. The number of carbonyl (C=O) groups is 3. The minimum absolute atomic E-state index is 0.0218. The molecule has 1 saturated carbocycles. The SMILES string of the molecule is Nc1c(Br)cc(C[C@@H](NC(=O)N2CCC(N3CC4CCCCC4NC3=O)CC2)C(=O)N2CCC(N3CCCCC3)CC2)cc1Br. The van der Waals surface area contributed by atoms with Crippen LogP contribution in [0.25, 0.3) is 0 Å². The maximum absolute atomic E-state index is 14.0. The molecule has 6 rings (SSSR count). The molecule has 10 nitrogen and oxygen atoms in total. The molecule has 4 N–H and O–H groups in total. The van der Waals surface area contributed by atoms with Gasteiger partial charge < -0.3 is 36.0 Å². The summed E-state index contributed by atoms with van der Waals surface area (Å²) in [5.74, 6) is 0.509. The number of likely N-dealkylation sites (tertiary alicyclic amines) is 3. The molecular weight excluding hydrogens is 702 g/mol. The summed E-state index contributed by atoms with van der Waals surface area (Å²) < 4.78 is 1.52. The Balaban J connectivity index is 1.08. The molecule has 4 heterocycles. The van der Waals surface area contributed by atoms with Crippen LogP contribution in [0.3, 0.4) is 0 Å². The molecule has 1 aromatic rings. The van der Waals surface area contributed by atoms with Gasteiger partial charge in [-0.2, -0.15) is 0 Å². The van der Waals surface area contributed by atoms with Crippen molar-refractivity contribution in [3.8, 4) is 0 Å². The molecule has 0 radical (unpaired) electrons. The van der Waals surface area contributed by atoms with Crippen molar-refractivity contribution < 1.29 is 14.4 Å². The van der Waals surface area contributed by atoms with Crippen LogP contribution in [0, 0.1) is 5.92 Å². The van der Waals surface area contributed by atoms with Crippen molar-refractivity contribution in [3.63, 3.8) is 0 Å². The van der Waals surface area contributed by atoms with Gasteiger partial charge in [0.1, 0.15) is 6.04 Å². The average Bonchev–Trinajstić information content (AvgIpc) is 3.06. The Bertz CT molecular complexity index is 1210. The summed E-state index contributed by atoms with van der Waals surface area (Å²) in [6.07, 6.45) is 12.4. The number of nitrogens with one attached hydrogen (secondary N) is 2. The second-order valence-corrected chi connectivity index (χ2v) is 15.5. The van der Waals surface area contributed by atoms with E-state index in [-0.39, 0.29) is 24.0 Å². The van der Waals surface area contributed by atoms with Gasteiger partial charge in [-0.3, -0.25) is 4.79 Å². The van der Waals surface area contributed by atoms with Crippen molar-refractivity contribution in [2.75, 3.05) is 51.5 Å². The third-order valence-corrected chi connectivity index (χ3v) is 12.3.